The lowest BCUT2D eigenvalue weighted by molar-refractivity contribution is 0.539. The van der Waals surface area contributed by atoms with E-state index in [0.29, 0.717) is 18.9 Å². The van der Waals surface area contributed by atoms with Gasteiger partial charge in [0.05, 0.1) is 17.4 Å². The highest BCUT2D eigenvalue weighted by atomic mass is 32.2. The van der Waals surface area contributed by atoms with Gasteiger partial charge in [0.2, 0.25) is 10.0 Å². The van der Waals surface area contributed by atoms with Gasteiger partial charge in [-0.1, -0.05) is 12.1 Å². The molecule has 1 aliphatic rings. The van der Waals surface area contributed by atoms with Gasteiger partial charge in [0, 0.05) is 6.54 Å². The summed E-state index contributed by atoms with van der Waals surface area (Å²) in [5, 5.41) is 11.8. The second-order valence-electron chi connectivity index (χ2n) is 4.69. The molecule has 2 rings (SSSR count). The van der Waals surface area contributed by atoms with E-state index in [9.17, 15) is 8.42 Å². The van der Waals surface area contributed by atoms with Crippen LogP contribution in [0, 0.1) is 17.2 Å². The first-order valence-corrected chi connectivity index (χ1v) is 7.76. The maximum absolute atomic E-state index is 12.1. The Labute approximate surface area is 113 Å². The van der Waals surface area contributed by atoms with E-state index >= 15 is 0 Å². The predicted octanol–water partition coefficient (Wildman–Crippen LogP) is 0.640. The maximum Gasteiger partial charge on any atom is 0.240 e. The highest BCUT2D eigenvalue weighted by Gasteiger charge is 2.19. The van der Waals surface area contributed by atoms with Gasteiger partial charge < -0.3 is 5.32 Å². The number of nitriles is 1. The number of sulfonamides is 1. The fourth-order valence-corrected chi connectivity index (χ4v) is 3.19. The van der Waals surface area contributed by atoms with Crippen LogP contribution in [-0.2, 0) is 16.4 Å². The van der Waals surface area contributed by atoms with Crippen molar-refractivity contribution in [1.29, 1.82) is 5.26 Å². The van der Waals surface area contributed by atoms with E-state index in [1.54, 1.807) is 24.3 Å². The molecule has 1 heterocycles. The molecule has 1 atom stereocenters. The number of hydrogen-bond donors (Lipinski definition) is 2. The minimum Gasteiger partial charge on any atom is -0.316 e. The van der Waals surface area contributed by atoms with Gasteiger partial charge in [0.1, 0.15) is 0 Å². The lowest BCUT2D eigenvalue weighted by Gasteiger charge is -2.11. The second-order valence-corrected chi connectivity index (χ2v) is 6.46. The molecule has 0 aromatic heterocycles. The van der Waals surface area contributed by atoms with E-state index in [1.807, 2.05) is 6.07 Å². The second kappa shape index (κ2) is 6.15. The van der Waals surface area contributed by atoms with E-state index in [2.05, 4.69) is 10.0 Å². The zero-order valence-electron chi connectivity index (χ0n) is 10.6. The number of nitrogens with zero attached hydrogens (tertiary/aromatic N) is 1. The van der Waals surface area contributed by atoms with Crippen LogP contribution < -0.4 is 10.0 Å². The van der Waals surface area contributed by atoms with Gasteiger partial charge in [0.25, 0.3) is 0 Å². The van der Waals surface area contributed by atoms with E-state index in [4.69, 9.17) is 5.26 Å². The molecule has 19 heavy (non-hydrogen) atoms. The molecule has 1 saturated heterocycles. The van der Waals surface area contributed by atoms with Crippen LogP contribution in [0.4, 0.5) is 0 Å². The SMILES string of the molecule is N#CCc1ccc(S(=O)(=O)NCC2CCNC2)cc1. The Morgan fingerprint density at radius 2 is 2.11 bits per heavy atom. The third kappa shape index (κ3) is 3.77. The monoisotopic (exact) mass is 279 g/mol. The van der Waals surface area contributed by atoms with E-state index in [0.717, 1.165) is 25.1 Å². The van der Waals surface area contributed by atoms with Crippen LogP contribution in [0.25, 0.3) is 0 Å². The van der Waals surface area contributed by atoms with E-state index in [1.165, 1.54) is 0 Å². The molecule has 0 radical (unpaired) electrons. The maximum atomic E-state index is 12.1. The van der Waals surface area contributed by atoms with Crippen molar-refractivity contribution < 1.29 is 8.42 Å². The molecular weight excluding hydrogens is 262 g/mol. The molecule has 1 aliphatic heterocycles. The van der Waals surface area contributed by atoms with Gasteiger partial charge in [-0.2, -0.15) is 5.26 Å². The first kappa shape index (κ1) is 14.0. The lowest BCUT2D eigenvalue weighted by atomic mass is 10.1. The molecule has 5 nitrogen and oxygen atoms in total. The molecule has 1 aromatic carbocycles. The lowest BCUT2D eigenvalue weighted by Crippen LogP contribution is -2.30. The zero-order valence-corrected chi connectivity index (χ0v) is 11.4. The molecule has 0 bridgehead atoms. The number of hydrogen-bond acceptors (Lipinski definition) is 4. The topological polar surface area (TPSA) is 82.0 Å². The number of rotatable bonds is 5. The molecule has 1 aromatic rings. The first-order valence-electron chi connectivity index (χ1n) is 6.28. The average molecular weight is 279 g/mol. The predicted molar refractivity (Wildman–Crippen MR) is 71.9 cm³/mol. The Hall–Kier alpha value is -1.42. The Kier molecular flexibility index (Phi) is 4.53. The van der Waals surface area contributed by atoms with Gasteiger partial charge in [-0.25, -0.2) is 13.1 Å². The third-order valence-corrected chi connectivity index (χ3v) is 4.68. The van der Waals surface area contributed by atoms with Gasteiger partial charge in [-0.15, -0.1) is 0 Å². The molecule has 0 aliphatic carbocycles. The van der Waals surface area contributed by atoms with Gasteiger partial charge >= 0.3 is 0 Å². The summed E-state index contributed by atoms with van der Waals surface area (Å²) in [5.41, 5.74) is 0.821. The molecule has 102 valence electrons. The summed E-state index contributed by atoms with van der Waals surface area (Å²) in [7, 11) is -3.44. The molecule has 2 N–H and O–H groups in total. The first-order chi connectivity index (χ1) is 9.12. The highest BCUT2D eigenvalue weighted by Crippen LogP contribution is 2.12. The molecular formula is C13H17N3O2S. The molecule has 0 saturated carbocycles. The fourth-order valence-electron chi connectivity index (χ4n) is 2.08. The van der Waals surface area contributed by atoms with E-state index < -0.39 is 10.0 Å². The Morgan fingerprint density at radius 1 is 1.37 bits per heavy atom. The Bertz CT molecular complexity index is 555. The summed E-state index contributed by atoms with van der Waals surface area (Å²) in [5.74, 6) is 0.368. The van der Waals surface area contributed by atoms with Crippen LogP contribution in [0.1, 0.15) is 12.0 Å². The largest absolute Gasteiger partial charge is 0.316 e. The Morgan fingerprint density at radius 3 is 2.68 bits per heavy atom. The summed E-state index contributed by atoms with van der Waals surface area (Å²) in [6.45, 7) is 2.29. The van der Waals surface area contributed by atoms with Crippen molar-refractivity contribution in [3.63, 3.8) is 0 Å². The van der Waals surface area contributed by atoms with Crippen molar-refractivity contribution in [1.82, 2.24) is 10.0 Å². The van der Waals surface area contributed by atoms with Crippen LogP contribution in [0.2, 0.25) is 0 Å². The van der Waals surface area contributed by atoms with Gasteiger partial charge in [0.15, 0.2) is 0 Å². The smallest absolute Gasteiger partial charge is 0.240 e. The minimum absolute atomic E-state index is 0.250. The summed E-state index contributed by atoms with van der Waals surface area (Å²) >= 11 is 0. The van der Waals surface area contributed by atoms with Crippen molar-refractivity contribution >= 4 is 10.0 Å². The average Bonchev–Trinajstić information content (AvgIpc) is 2.91. The fraction of sp³-hybridized carbons (Fsp3) is 0.462. The van der Waals surface area contributed by atoms with Crippen molar-refractivity contribution in [2.45, 2.75) is 17.7 Å². The van der Waals surface area contributed by atoms with Crippen molar-refractivity contribution in [3.05, 3.63) is 29.8 Å². The Balaban J connectivity index is 2.00. The normalized spacial score (nSPS) is 19.2. The van der Waals surface area contributed by atoms with Crippen molar-refractivity contribution in [3.8, 4) is 6.07 Å². The summed E-state index contributed by atoms with van der Waals surface area (Å²) in [6, 6.07) is 8.47. The molecule has 0 amide bonds. The van der Waals surface area contributed by atoms with Crippen LogP contribution in [0.3, 0.4) is 0 Å². The quantitative estimate of drug-likeness (QED) is 0.828. The third-order valence-electron chi connectivity index (χ3n) is 3.24. The molecule has 1 unspecified atom stereocenters. The molecule has 1 fully saturated rings. The van der Waals surface area contributed by atoms with Crippen LogP contribution in [-0.4, -0.2) is 28.1 Å². The molecule has 6 heteroatoms. The minimum atomic E-state index is -3.44. The standard InChI is InChI=1S/C13H17N3O2S/c14-7-5-11-1-3-13(4-2-11)19(17,18)16-10-12-6-8-15-9-12/h1-4,12,15-16H,5-6,8-10H2. The number of nitrogens with one attached hydrogen (secondary N) is 2. The van der Waals surface area contributed by atoms with Gasteiger partial charge in [-0.05, 0) is 43.1 Å². The van der Waals surface area contributed by atoms with Crippen LogP contribution in [0.5, 0.6) is 0 Å². The number of benzene rings is 1. The highest BCUT2D eigenvalue weighted by molar-refractivity contribution is 7.89. The zero-order chi connectivity index (χ0) is 13.7. The van der Waals surface area contributed by atoms with Gasteiger partial charge in [-0.3, -0.25) is 0 Å². The van der Waals surface area contributed by atoms with Crippen LogP contribution >= 0.6 is 0 Å². The summed E-state index contributed by atoms with van der Waals surface area (Å²) < 4.78 is 26.8. The molecule has 0 spiro atoms. The summed E-state index contributed by atoms with van der Waals surface area (Å²) in [6.07, 6.45) is 1.30. The van der Waals surface area contributed by atoms with E-state index in [-0.39, 0.29) is 4.90 Å². The van der Waals surface area contributed by atoms with Crippen LogP contribution in [0.15, 0.2) is 29.2 Å². The summed E-state index contributed by atoms with van der Waals surface area (Å²) in [4.78, 5) is 0.250. The van der Waals surface area contributed by atoms with Crippen molar-refractivity contribution in [2.75, 3.05) is 19.6 Å². The van der Waals surface area contributed by atoms with Crippen molar-refractivity contribution in [2.24, 2.45) is 5.92 Å².